The lowest BCUT2D eigenvalue weighted by atomic mass is 10.1. The zero-order chi connectivity index (χ0) is 19.6. The Labute approximate surface area is 147 Å². The molecule has 1 amide bonds. The van der Waals surface area contributed by atoms with Gasteiger partial charge in [-0.05, 0) is 32.6 Å². The van der Waals surface area contributed by atoms with E-state index >= 15 is 0 Å². The van der Waals surface area contributed by atoms with E-state index in [9.17, 15) is 27.6 Å². The summed E-state index contributed by atoms with van der Waals surface area (Å²) in [5, 5.41) is 9.00. The Kier molecular flexibility index (Phi) is 5.59. The largest absolute Gasteiger partial charge is 0.406 e. The highest BCUT2D eigenvalue weighted by Gasteiger charge is 2.40. The zero-order valence-electron chi connectivity index (χ0n) is 14.4. The van der Waals surface area contributed by atoms with E-state index in [2.05, 4.69) is 0 Å². The van der Waals surface area contributed by atoms with E-state index in [1.807, 2.05) is 0 Å². The van der Waals surface area contributed by atoms with Crippen molar-refractivity contribution in [3.05, 3.63) is 32.6 Å². The van der Waals surface area contributed by atoms with Crippen LogP contribution in [0.15, 0.2) is 15.8 Å². The first kappa shape index (κ1) is 19.8. The second-order valence-corrected chi connectivity index (χ2v) is 6.33. The predicted octanol–water partition coefficient (Wildman–Crippen LogP) is 1.09. The molecule has 1 aromatic rings. The maximum absolute atomic E-state index is 12.9. The van der Waals surface area contributed by atoms with Crippen LogP contribution in [0.2, 0.25) is 0 Å². The minimum atomic E-state index is -4.60. The average Bonchev–Trinajstić information content (AvgIpc) is 3.40. The number of alkyl halides is 3. The van der Waals surface area contributed by atoms with Crippen molar-refractivity contribution in [3.63, 3.8) is 0 Å². The highest BCUT2D eigenvalue weighted by molar-refractivity contribution is 5.76. The van der Waals surface area contributed by atoms with Crippen molar-refractivity contribution in [2.24, 2.45) is 5.92 Å². The van der Waals surface area contributed by atoms with Gasteiger partial charge in [0.2, 0.25) is 5.91 Å². The number of nitriles is 1. The Bertz CT molecular complexity index is 846. The second kappa shape index (κ2) is 7.35. The minimum absolute atomic E-state index is 0.0178. The number of halogens is 3. The fourth-order valence-electron chi connectivity index (χ4n) is 2.81. The Morgan fingerprint density at radius 3 is 2.50 bits per heavy atom. The van der Waals surface area contributed by atoms with E-state index in [-0.39, 0.29) is 18.0 Å². The summed E-state index contributed by atoms with van der Waals surface area (Å²) in [6.45, 7) is 0.996. The van der Waals surface area contributed by atoms with Gasteiger partial charge in [0.15, 0.2) is 0 Å². The van der Waals surface area contributed by atoms with Crippen LogP contribution in [0.3, 0.4) is 0 Å². The average molecular weight is 372 g/mol. The molecular weight excluding hydrogens is 353 g/mol. The van der Waals surface area contributed by atoms with Crippen molar-refractivity contribution in [3.8, 4) is 6.07 Å². The molecule has 26 heavy (non-hydrogen) atoms. The van der Waals surface area contributed by atoms with Gasteiger partial charge in [-0.25, -0.2) is 9.36 Å². The fourth-order valence-corrected chi connectivity index (χ4v) is 2.81. The van der Waals surface area contributed by atoms with Gasteiger partial charge in [-0.1, -0.05) is 0 Å². The van der Waals surface area contributed by atoms with Gasteiger partial charge in [0.1, 0.15) is 24.7 Å². The molecule has 1 fully saturated rings. The van der Waals surface area contributed by atoms with Gasteiger partial charge in [-0.2, -0.15) is 18.4 Å². The van der Waals surface area contributed by atoms with E-state index in [0.29, 0.717) is 9.47 Å². The summed E-state index contributed by atoms with van der Waals surface area (Å²) in [5.41, 5.74) is -2.17. The molecule has 0 N–H and O–H groups in total. The van der Waals surface area contributed by atoms with Gasteiger partial charge < -0.3 is 4.90 Å². The van der Waals surface area contributed by atoms with Gasteiger partial charge in [0.05, 0.1) is 0 Å². The summed E-state index contributed by atoms with van der Waals surface area (Å²) < 4.78 is 40.2. The number of carbonyl (C=O) groups excluding carboxylic acids is 1. The van der Waals surface area contributed by atoms with Crippen molar-refractivity contribution in [1.29, 1.82) is 5.26 Å². The molecule has 1 aliphatic rings. The number of amides is 1. The molecule has 0 aromatic carbocycles. The maximum atomic E-state index is 12.9. The molecule has 0 spiro atoms. The number of hydrogen-bond acceptors (Lipinski definition) is 4. The number of carbonyl (C=O) groups is 1. The minimum Gasteiger partial charge on any atom is -0.329 e. The third-order valence-electron chi connectivity index (χ3n) is 4.46. The third-order valence-corrected chi connectivity index (χ3v) is 4.46. The quantitative estimate of drug-likeness (QED) is 0.748. The van der Waals surface area contributed by atoms with E-state index in [4.69, 9.17) is 5.26 Å². The van der Waals surface area contributed by atoms with Crippen LogP contribution in [0.1, 0.15) is 32.3 Å². The maximum Gasteiger partial charge on any atom is 0.406 e. The van der Waals surface area contributed by atoms with Gasteiger partial charge in [-0.15, -0.1) is 0 Å². The molecule has 1 aromatic heterocycles. The van der Waals surface area contributed by atoms with Crippen molar-refractivity contribution < 1.29 is 18.0 Å². The Morgan fingerprint density at radius 2 is 2.04 bits per heavy atom. The first-order valence-electron chi connectivity index (χ1n) is 8.19. The lowest BCUT2D eigenvalue weighted by Crippen LogP contribution is -2.50. The lowest BCUT2D eigenvalue weighted by Gasteiger charge is -2.30. The zero-order valence-corrected chi connectivity index (χ0v) is 14.4. The van der Waals surface area contributed by atoms with Crippen LogP contribution in [-0.2, 0) is 17.9 Å². The molecule has 7 nitrogen and oxygen atoms in total. The van der Waals surface area contributed by atoms with E-state index in [1.165, 1.54) is 6.92 Å². The molecule has 10 heteroatoms. The van der Waals surface area contributed by atoms with Gasteiger partial charge >= 0.3 is 11.9 Å². The van der Waals surface area contributed by atoms with E-state index in [1.54, 1.807) is 13.0 Å². The summed E-state index contributed by atoms with van der Waals surface area (Å²) in [4.78, 5) is 37.6. The van der Waals surface area contributed by atoms with Crippen molar-refractivity contribution >= 4 is 5.91 Å². The second-order valence-electron chi connectivity index (χ2n) is 6.33. The number of aryl methyl sites for hydroxylation is 1. The molecule has 0 aliphatic heterocycles. The topological polar surface area (TPSA) is 88.1 Å². The summed E-state index contributed by atoms with van der Waals surface area (Å²) >= 11 is 0. The molecule has 1 unspecified atom stereocenters. The highest BCUT2D eigenvalue weighted by Crippen LogP contribution is 2.36. The lowest BCUT2D eigenvalue weighted by molar-refractivity contribution is -0.166. The number of rotatable bonds is 6. The van der Waals surface area contributed by atoms with Crippen LogP contribution >= 0.6 is 0 Å². The van der Waals surface area contributed by atoms with Crippen LogP contribution in [0, 0.1) is 17.2 Å². The van der Waals surface area contributed by atoms with Crippen LogP contribution in [0.25, 0.3) is 0 Å². The molecule has 1 saturated carbocycles. The summed E-state index contributed by atoms with van der Waals surface area (Å²) in [6.07, 6.45) is -2.06. The molecule has 0 bridgehead atoms. The predicted molar refractivity (Wildman–Crippen MR) is 85.3 cm³/mol. The fraction of sp³-hybridized carbons (Fsp3) is 0.625. The first-order chi connectivity index (χ1) is 12.1. The standard InChI is InChI=1S/C16H19F3N4O3/c1-3-21-7-12(6-20)14(25)22(15(21)26)8-13(24)23(9-16(17,18)19)10(2)11-4-5-11/h7,10-11H,3-5,8-9H2,1-2H3. The molecule has 2 rings (SSSR count). The third kappa shape index (κ3) is 4.33. The Hall–Kier alpha value is -2.57. The Balaban J connectivity index is 2.38. The molecule has 1 aliphatic carbocycles. The van der Waals surface area contributed by atoms with E-state index < -0.39 is 42.5 Å². The van der Waals surface area contributed by atoms with Crippen LogP contribution in [0.5, 0.6) is 0 Å². The van der Waals surface area contributed by atoms with Crippen LogP contribution in [-0.4, -0.2) is 38.7 Å². The van der Waals surface area contributed by atoms with Crippen LogP contribution < -0.4 is 11.2 Å². The number of aromatic nitrogens is 2. The SMILES string of the molecule is CCn1cc(C#N)c(=O)n(CC(=O)N(CC(F)(F)F)C(C)C2CC2)c1=O. The molecule has 1 atom stereocenters. The normalized spacial score (nSPS) is 15.4. The van der Waals surface area contributed by atoms with Crippen LogP contribution in [0.4, 0.5) is 13.2 Å². The molecular formula is C16H19F3N4O3. The molecule has 142 valence electrons. The van der Waals surface area contributed by atoms with Gasteiger partial charge in [-0.3, -0.25) is 14.2 Å². The van der Waals surface area contributed by atoms with Gasteiger partial charge in [0, 0.05) is 18.8 Å². The van der Waals surface area contributed by atoms with Gasteiger partial charge in [0.25, 0.3) is 5.56 Å². The number of hydrogen-bond donors (Lipinski definition) is 0. The summed E-state index contributed by atoms with van der Waals surface area (Å²) in [5.74, 6) is -0.991. The van der Waals surface area contributed by atoms with E-state index in [0.717, 1.165) is 23.6 Å². The first-order valence-corrected chi connectivity index (χ1v) is 8.19. The smallest absolute Gasteiger partial charge is 0.329 e. The van der Waals surface area contributed by atoms with Crippen molar-refractivity contribution in [1.82, 2.24) is 14.0 Å². The summed E-state index contributed by atoms with van der Waals surface area (Å²) in [6, 6.07) is 0.985. The molecule has 0 radical (unpaired) electrons. The molecule has 1 heterocycles. The summed E-state index contributed by atoms with van der Waals surface area (Å²) in [7, 11) is 0. The number of nitrogens with zero attached hydrogens (tertiary/aromatic N) is 4. The Morgan fingerprint density at radius 1 is 1.42 bits per heavy atom. The van der Waals surface area contributed by atoms with Crippen molar-refractivity contribution in [2.75, 3.05) is 6.54 Å². The molecule has 0 saturated heterocycles. The van der Waals surface area contributed by atoms with Crippen molar-refractivity contribution in [2.45, 2.75) is 52.0 Å². The monoisotopic (exact) mass is 372 g/mol. The highest BCUT2D eigenvalue weighted by atomic mass is 19.4.